The minimum atomic E-state index is -5.93. The minimum Gasteiger partial charge on any atom is -0.343 e. The molecule has 8 heteroatoms. The van der Waals surface area contributed by atoms with E-state index in [9.17, 15) is 30.7 Å². The third kappa shape index (κ3) is 4.14. The minimum absolute atomic E-state index is 0. The summed E-state index contributed by atoms with van der Waals surface area (Å²) >= 11 is 0. The molecule has 90 valence electrons. The van der Waals surface area contributed by atoms with Crippen molar-refractivity contribution in [3.63, 3.8) is 0 Å². The molecule has 0 nitrogen and oxygen atoms in total. The van der Waals surface area contributed by atoms with Crippen LogP contribution in [0.4, 0.5) is 30.7 Å². The van der Waals surface area contributed by atoms with Gasteiger partial charge in [-0.15, -0.1) is 0 Å². The fraction of sp³-hybridized carbons (Fsp3) is 0.857. The summed E-state index contributed by atoms with van der Waals surface area (Å²) in [6, 6.07) is 0. The molecule has 0 aliphatic carbocycles. The zero-order chi connectivity index (χ0) is 11.6. The quantitative estimate of drug-likeness (QED) is 0.441. The molecule has 0 aliphatic heterocycles. The van der Waals surface area contributed by atoms with Gasteiger partial charge in [-0.05, 0) is 6.42 Å². The average molecular weight is 463 g/mol. The summed E-state index contributed by atoms with van der Waals surface area (Å²) in [4.78, 5) is 0. The van der Waals surface area contributed by atoms with Crippen LogP contribution in [0.3, 0.4) is 0 Å². The maximum atomic E-state index is 12.7. The van der Waals surface area contributed by atoms with Crippen molar-refractivity contribution in [2.45, 2.75) is 37.3 Å². The van der Waals surface area contributed by atoms with Gasteiger partial charge in [0.2, 0.25) is 0 Å². The molecule has 0 fully saturated rings. The Morgan fingerprint density at radius 3 is 1.33 bits per heavy atom. The fourth-order valence-corrected chi connectivity index (χ4v) is 0.813. The molecular formula is C7H8F7U-. The first-order valence-corrected chi connectivity index (χ1v) is 3.68. The number of alkyl halides is 7. The third-order valence-corrected chi connectivity index (χ3v) is 1.67. The van der Waals surface area contributed by atoms with Crippen LogP contribution in [-0.2, 0) is 0 Å². The van der Waals surface area contributed by atoms with Crippen molar-refractivity contribution in [3.8, 4) is 0 Å². The summed E-state index contributed by atoms with van der Waals surface area (Å²) in [7, 11) is 0. The van der Waals surface area contributed by atoms with Crippen LogP contribution in [0, 0.1) is 38.0 Å². The first kappa shape index (κ1) is 17.9. The van der Waals surface area contributed by atoms with Crippen LogP contribution in [0.2, 0.25) is 0 Å². The first-order chi connectivity index (χ1) is 6.06. The van der Waals surface area contributed by atoms with E-state index in [-0.39, 0.29) is 37.5 Å². The molecule has 0 aromatic carbocycles. The van der Waals surface area contributed by atoms with Crippen LogP contribution >= 0.6 is 0 Å². The normalized spacial score (nSPS) is 13.6. The Bertz CT molecular complexity index is 169. The van der Waals surface area contributed by atoms with Gasteiger partial charge < -0.3 is 6.92 Å². The van der Waals surface area contributed by atoms with Crippen molar-refractivity contribution in [1.82, 2.24) is 0 Å². The topological polar surface area (TPSA) is 0 Å². The van der Waals surface area contributed by atoms with E-state index in [1.54, 1.807) is 0 Å². The predicted octanol–water partition coefficient (Wildman–Crippen LogP) is 3.82. The molecule has 0 radical (unpaired) electrons. The van der Waals surface area contributed by atoms with Gasteiger partial charge in [0, 0.05) is 31.1 Å². The van der Waals surface area contributed by atoms with E-state index >= 15 is 0 Å². The van der Waals surface area contributed by atoms with E-state index in [0.717, 1.165) is 0 Å². The fourth-order valence-electron chi connectivity index (χ4n) is 0.813. The van der Waals surface area contributed by atoms with Crippen LogP contribution in [0.1, 0.15) is 19.3 Å². The molecule has 0 rings (SSSR count). The Hall–Kier alpha value is 0.562. The molecule has 0 bridgehead atoms. The molecule has 0 amide bonds. The SMILES string of the molecule is [CH2-]CCCC(F)(C(F)(F)F)C(F)(F)F.[U]. The van der Waals surface area contributed by atoms with E-state index in [1.165, 1.54) is 0 Å². The number of rotatable bonds is 3. The molecular weight excluding hydrogens is 455 g/mol. The van der Waals surface area contributed by atoms with Gasteiger partial charge in [-0.25, -0.2) is 4.39 Å². The van der Waals surface area contributed by atoms with Gasteiger partial charge in [0.25, 0.3) is 5.67 Å². The Morgan fingerprint density at radius 1 is 0.800 bits per heavy atom. The molecule has 0 saturated carbocycles. The smallest absolute Gasteiger partial charge is 0.343 e. The zero-order valence-electron chi connectivity index (χ0n) is 7.47. The molecule has 0 heterocycles. The average Bonchev–Trinajstić information content (AvgIpc) is 1.95. The van der Waals surface area contributed by atoms with E-state index in [4.69, 9.17) is 0 Å². The first-order valence-electron chi connectivity index (χ1n) is 3.68. The van der Waals surface area contributed by atoms with Crippen molar-refractivity contribution >= 4 is 0 Å². The summed E-state index contributed by atoms with van der Waals surface area (Å²) in [5.74, 6) is 0. The molecule has 15 heavy (non-hydrogen) atoms. The summed E-state index contributed by atoms with van der Waals surface area (Å²) in [5.41, 5.74) is -5.11. The van der Waals surface area contributed by atoms with Gasteiger partial charge in [-0.1, -0.05) is 6.42 Å². The van der Waals surface area contributed by atoms with Gasteiger partial charge >= 0.3 is 12.4 Å². The maximum Gasteiger partial charge on any atom is 0.431 e. The summed E-state index contributed by atoms with van der Waals surface area (Å²) in [6.07, 6.45) is -14.3. The van der Waals surface area contributed by atoms with Crippen molar-refractivity contribution in [1.29, 1.82) is 0 Å². The Labute approximate surface area is 106 Å². The van der Waals surface area contributed by atoms with Crippen molar-refractivity contribution in [2.24, 2.45) is 0 Å². The summed E-state index contributed by atoms with van der Waals surface area (Å²) < 4.78 is 83.6. The predicted molar refractivity (Wildman–Crippen MR) is 35.2 cm³/mol. The Balaban J connectivity index is 0. The number of halogens is 7. The molecule has 0 unspecified atom stereocenters. The molecule has 0 aromatic heterocycles. The Morgan fingerprint density at radius 2 is 1.13 bits per heavy atom. The van der Waals surface area contributed by atoms with Crippen molar-refractivity contribution < 1.29 is 61.8 Å². The molecule has 0 N–H and O–H groups in total. The second kappa shape index (κ2) is 5.76. The van der Waals surface area contributed by atoms with Crippen LogP contribution in [0.25, 0.3) is 0 Å². The standard InChI is InChI=1S/C7H8F7.U/c1-2-3-4-5(8,6(9,10)11)7(12,13)14;/h1-4H2;/q-1;. The summed E-state index contributed by atoms with van der Waals surface area (Å²) in [6.45, 7) is 3.05. The van der Waals surface area contributed by atoms with Gasteiger partial charge in [-0.2, -0.15) is 32.8 Å². The van der Waals surface area contributed by atoms with Gasteiger partial charge in [0.15, 0.2) is 0 Å². The molecule has 0 aromatic rings. The number of hydrogen-bond donors (Lipinski definition) is 0. The molecule has 0 aliphatic rings. The van der Waals surface area contributed by atoms with E-state index in [0.29, 0.717) is 0 Å². The van der Waals surface area contributed by atoms with Gasteiger partial charge in [0.1, 0.15) is 0 Å². The van der Waals surface area contributed by atoms with Crippen LogP contribution in [0.15, 0.2) is 0 Å². The van der Waals surface area contributed by atoms with Crippen LogP contribution < -0.4 is 0 Å². The largest absolute Gasteiger partial charge is 0.431 e. The maximum absolute atomic E-state index is 12.7. The van der Waals surface area contributed by atoms with E-state index in [2.05, 4.69) is 6.92 Å². The van der Waals surface area contributed by atoms with E-state index in [1.807, 2.05) is 0 Å². The zero-order valence-corrected chi connectivity index (χ0v) is 11.6. The van der Waals surface area contributed by atoms with Gasteiger partial charge in [0.05, 0.1) is 0 Å². The second-order valence-corrected chi connectivity index (χ2v) is 2.75. The monoisotopic (exact) mass is 463 g/mol. The second-order valence-electron chi connectivity index (χ2n) is 2.75. The molecule has 0 saturated heterocycles. The molecule has 0 spiro atoms. The number of unbranched alkanes of at least 4 members (excludes halogenated alkanes) is 1. The van der Waals surface area contributed by atoms with Crippen molar-refractivity contribution in [2.75, 3.05) is 0 Å². The third-order valence-electron chi connectivity index (χ3n) is 1.67. The van der Waals surface area contributed by atoms with Gasteiger partial charge in [-0.3, -0.25) is 0 Å². The summed E-state index contributed by atoms with van der Waals surface area (Å²) in [5, 5.41) is 0. The number of hydrogen-bond acceptors (Lipinski definition) is 0. The molecule has 0 atom stereocenters. The Kier molecular flexibility index (Phi) is 6.89. The van der Waals surface area contributed by atoms with Crippen LogP contribution in [0.5, 0.6) is 0 Å². The van der Waals surface area contributed by atoms with Crippen LogP contribution in [-0.4, -0.2) is 18.0 Å². The van der Waals surface area contributed by atoms with Crippen molar-refractivity contribution in [3.05, 3.63) is 6.92 Å². The van der Waals surface area contributed by atoms with E-state index < -0.39 is 30.9 Å².